The van der Waals surface area contributed by atoms with Crippen molar-refractivity contribution < 1.29 is 14.6 Å². The zero-order chi connectivity index (χ0) is 14.1. The molecule has 106 valence electrons. The van der Waals surface area contributed by atoms with Gasteiger partial charge in [-0.15, -0.1) is 11.8 Å². The van der Waals surface area contributed by atoms with E-state index in [2.05, 4.69) is 4.74 Å². The highest BCUT2D eigenvalue weighted by molar-refractivity contribution is 7.99. The lowest BCUT2D eigenvalue weighted by Gasteiger charge is -2.08. The molecule has 0 aliphatic rings. The standard InChI is InChI=1S/C14H21NO3S/c1-18-14(17)11(15)7-3-2-6-10-19-13-9-5-4-8-12(13)16/h4-5,8-9,11,16H,2-3,6-7,10,15H2,1H3/t11-/m0/s1. The summed E-state index contributed by atoms with van der Waals surface area (Å²) in [5, 5.41) is 9.59. The number of para-hydroxylation sites is 1. The molecule has 0 aromatic heterocycles. The van der Waals surface area contributed by atoms with Gasteiger partial charge in [0.05, 0.1) is 7.11 Å². The molecular weight excluding hydrogens is 262 g/mol. The smallest absolute Gasteiger partial charge is 0.322 e. The zero-order valence-corrected chi connectivity index (χ0v) is 12.0. The van der Waals surface area contributed by atoms with Crippen molar-refractivity contribution in [2.45, 2.75) is 36.6 Å². The average Bonchev–Trinajstić information content (AvgIpc) is 2.43. The molecule has 1 aromatic carbocycles. The molecule has 0 heterocycles. The van der Waals surface area contributed by atoms with Crippen LogP contribution in [-0.4, -0.2) is 30.0 Å². The number of nitrogens with two attached hydrogens (primary N) is 1. The number of unbranched alkanes of at least 4 members (excludes halogenated alkanes) is 2. The number of methoxy groups -OCH3 is 1. The van der Waals surface area contributed by atoms with Gasteiger partial charge in [0.15, 0.2) is 0 Å². The molecular formula is C14H21NO3S. The number of aromatic hydroxyl groups is 1. The summed E-state index contributed by atoms with van der Waals surface area (Å²) in [7, 11) is 1.35. The highest BCUT2D eigenvalue weighted by atomic mass is 32.2. The molecule has 0 fully saturated rings. The van der Waals surface area contributed by atoms with Crippen LogP contribution >= 0.6 is 11.8 Å². The quantitative estimate of drug-likeness (QED) is 0.436. The van der Waals surface area contributed by atoms with Crippen molar-refractivity contribution in [2.75, 3.05) is 12.9 Å². The maximum Gasteiger partial charge on any atom is 0.322 e. The molecule has 0 aliphatic heterocycles. The molecule has 4 nitrogen and oxygen atoms in total. The average molecular weight is 283 g/mol. The molecule has 0 unspecified atom stereocenters. The summed E-state index contributed by atoms with van der Waals surface area (Å²) in [5.74, 6) is 0.939. The van der Waals surface area contributed by atoms with Crippen LogP contribution in [0.1, 0.15) is 25.7 Å². The summed E-state index contributed by atoms with van der Waals surface area (Å²) in [5.41, 5.74) is 5.64. The Balaban J connectivity index is 2.09. The van der Waals surface area contributed by atoms with Gasteiger partial charge in [-0.3, -0.25) is 4.79 Å². The monoisotopic (exact) mass is 283 g/mol. The van der Waals surface area contributed by atoms with Crippen LogP contribution in [-0.2, 0) is 9.53 Å². The van der Waals surface area contributed by atoms with E-state index in [4.69, 9.17) is 5.73 Å². The van der Waals surface area contributed by atoms with E-state index in [0.29, 0.717) is 12.2 Å². The highest BCUT2D eigenvalue weighted by Gasteiger charge is 2.12. The molecule has 0 aliphatic carbocycles. The van der Waals surface area contributed by atoms with Crippen LogP contribution in [0.3, 0.4) is 0 Å². The Kier molecular flexibility index (Phi) is 7.36. The van der Waals surface area contributed by atoms with E-state index < -0.39 is 6.04 Å². The van der Waals surface area contributed by atoms with Gasteiger partial charge in [-0.1, -0.05) is 25.0 Å². The van der Waals surface area contributed by atoms with E-state index in [-0.39, 0.29) is 5.97 Å². The summed E-state index contributed by atoms with van der Waals surface area (Å²) in [6.07, 6.45) is 3.63. The lowest BCUT2D eigenvalue weighted by molar-refractivity contribution is -0.142. The van der Waals surface area contributed by atoms with Crippen LogP contribution in [0.5, 0.6) is 5.75 Å². The first-order chi connectivity index (χ1) is 9.15. The van der Waals surface area contributed by atoms with Gasteiger partial charge in [0, 0.05) is 4.90 Å². The predicted octanol–water partition coefficient (Wildman–Crippen LogP) is 2.55. The van der Waals surface area contributed by atoms with Crippen LogP contribution in [0.15, 0.2) is 29.2 Å². The Labute approximate surface area is 118 Å². The fourth-order valence-corrected chi connectivity index (χ4v) is 2.63. The molecule has 5 heteroatoms. The van der Waals surface area contributed by atoms with Crippen LogP contribution < -0.4 is 5.73 Å². The number of hydrogen-bond donors (Lipinski definition) is 2. The van der Waals surface area contributed by atoms with Gasteiger partial charge in [0.1, 0.15) is 11.8 Å². The Morgan fingerprint density at radius 2 is 2.11 bits per heavy atom. The Morgan fingerprint density at radius 3 is 2.79 bits per heavy atom. The molecule has 0 saturated carbocycles. The number of carbonyl (C=O) groups excluding carboxylic acids is 1. The van der Waals surface area contributed by atoms with Crippen LogP contribution in [0.25, 0.3) is 0 Å². The van der Waals surface area contributed by atoms with E-state index in [1.165, 1.54) is 7.11 Å². The predicted molar refractivity (Wildman–Crippen MR) is 77.3 cm³/mol. The Bertz CT molecular complexity index is 398. The molecule has 1 aromatic rings. The Hall–Kier alpha value is -1.20. The molecule has 1 rings (SSSR count). The number of phenolic OH excluding ortho intramolecular Hbond substituents is 1. The van der Waals surface area contributed by atoms with E-state index >= 15 is 0 Å². The van der Waals surface area contributed by atoms with Crippen molar-refractivity contribution in [1.29, 1.82) is 0 Å². The fourth-order valence-electron chi connectivity index (χ4n) is 1.67. The third-order valence-electron chi connectivity index (χ3n) is 2.79. The number of benzene rings is 1. The lowest BCUT2D eigenvalue weighted by Crippen LogP contribution is -2.31. The number of hydrogen-bond acceptors (Lipinski definition) is 5. The van der Waals surface area contributed by atoms with E-state index in [0.717, 1.165) is 29.9 Å². The molecule has 0 radical (unpaired) electrons. The maximum absolute atomic E-state index is 11.1. The number of thioether (sulfide) groups is 1. The third kappa shape index (κ3) is 5.98. The van der Waals surface area contributed by atoms with Gasteiger partial charge in [-0.05, 0) is 30.7 Å². The molecule has 0 bridgehead atoms. The summed E-state index contributed by atoms with van der Waals surface area (Å²) < 4.78 is 4.57. The number of esters is 1. The minimum atomic E-state index is -0.504. The van der Waals surface area contributed by atoms with Crippen molar-refractivity contribution in [3.63, 3.8) is 0 Å². The highest BCUT2D eigenvalue weighted by Crippen LogP contribution is 2.28. The van der Waals surface area contributed by atoms with Gasteiger partial charge >= 0.3 is 5.97 Å². The SMILES string of the molecule is COC(=O)[C@@H](N)CCCCCSc1ccccc1O. The van der Waals surface area contributed by atoms with E-state index in [1.807, 2.05) is 18.2 Å². The second-order valence-corrected chi connectivity index (χ2v) is 5.43. The first kappa shape index (κ1) is 15.9. The zero-order valence-electron chi connectivity index (χ0n) is 11.2. The van der Waals surface area contributed by atoms with Gasteiger partial charge in [0.2, 0.25) is 0 Å². The largest absolute Gasteiger partial charge is 0.507 e. The number of carbonyl (C=O) groups is 1. The fraction of sp³-hybridized carbons (Fsp3) is 0.500. The van der Waals surface area contributed by atoms with Crippen LogP contribution in [0, 0.1) is 0 Å². The molecule has 0 amide bonds. The van der Waals surface area contributed by atoms with Crippen molar-refractivity contribution in [1.82, 2.24) is 0 Å². The normalized spacial score (nSPS) is 12.1. The van der Waals surface area contributed by atoms with Crippen molar-refractivity contribution in [3.05, 3.63) is 24.3 Å². The van der Waals surface area contributed by atoms with Crippen molar-refractivity contribution in [2.24, 2.45) is 5.73 Å². The summed E-state index contributed by atoms with van der Waals surface area (Å²) in [6.45, 7) is 0. The van der Waals surface area contributed by atoms with Crippen LogP contribution in [0.4, 0.5) is 0 Å². The first-order valence-electron chi connectivity index (χ1n) is 6.39. The van der Waals surface area contributed by atoms with Gasteiger partial charge in [-0.2, -0.15) is 0 Å². The third-order valence-corrected chi connectivity index (χ3v) is 3.94. The second kappa shape index (κ2) is 8.82. The minimum Gasteiger partial charge on any atom is -0.507 e. The van der Waals surface area contributed by atoms with Gasteiger partial charge in [0.25, 0.3) is 0 Å². The molecule has 3 N–H and O–H groups in total. The van der Waals surface area contributed by atoms with Gasteiger partial charge in [-0.25, -0.2) is 0 Å². The molecule has 1 atom stereocenters. The van der Waals surface area contributed by atoms with Crippen molar-refractivity contribution in [3.8, 4) is 5.75 Å². The summed E-state index contributed by atoms with van der Waals surface area (Å²) in [6, 6.07) is 6.83. The number of ether oxygens (including phenoxy) is 1. The minimum absolute atomic E-state index is 0.334. The molecule has 0 spiro atoms. The first-order valence-corrected chi connectivity index (χ1v) is 7.38. The number of phenols is 1. The topological polar surface area (TPSA) is 72.5 Å². The second-order valence-electron chi connectivity index (χ2n) is 4.30. The molecule has 0 saturated heterocycles. The summed E-state index contributed by atoms with van der Waals surface area (Å²) in [4.78, 5) is 12.0. The lowest BCUT2D eigenvalue weighted by atomic mass is 10.1. The Morgan fingerprint density at radius 1 is 1.37 bits per heavy atom. The maximum atomic E-state index is 11.1. The van der Waals surface area contributed by atoms with Crippen LogP contribution in [0.2, 0.25) is 0 Å². The summed E-state index contributed by atoms with van der Waals surface area (Å²) >= 11 is 1.64. The van der Waals surface area contributed by atoms with E-state index in [9.17, 15) is 9.90 Å². The van der Waals surface area contributed by atoms with Gasteiger partial charge < -0.3 is 15.6 Å². The number of rotatable bonds is 8. The van der Waals surface area contributed by atoms with E-state index in [1.54, 1.807) is 17.8 Å². The van der Waals surface area contributed by atoms with Crippen molar-refractivity contribution >= 4 is 17.7 Å². The molecule has 19 heavy (non-hydrogen) atoms.